The largest absolute Gasteiger partial charge is 0.388 e. The molecule has 0 radical (unpaired) electrons. The lowest BCUT2D eigenvalue weighted by molar-refractivity contribution is 0.411. The molecule has 0 heterocycles. The summed E-state index contributed by atoms with van der Waals surface area (Å²) in [7, 11) is -3.46. The van der Waals surface area contributed by atoms with Gasteiger partial charge in [-0.25, -0.2) is 0 Å². The van der Waals surface area contributed by atoms with E-state index in [2.05, 4.69) is 10.8 Å². The van der Waals surface area contributed by atoms with Crippen LogP contribution in [0.3, 0.4) is 0 Å². The molecule has 0 rings (SSSR count). The van der Waals surface area contributed by atoms with Gasteiger partial charge >= 0.3 is 10.1 Å². The van der Waals surface area contributed by atoms with Gasteiger partial charge in [-0.1, -0.05) is 6.58 Å². The number of hydrogen-bond acceptors (Lipinski definition) is 3. The molecule has 5 heteroatoms. The summed E-state index contributed by atoms with van der Waals surface area (Å²) in [6.07, 6.45) is 0. The second kappa shape index (κ2) is 3.83. The molecule has 3 nitrogen and oxygen atoms in total. The summed E-state index contributed by atoms with van der Waals surface area (Å²) in [4.78, 5) is 0. The predicted octanol–water partition coefficient (Wildman–Crippen LogP) is 1.11. The third-order valence-corrected chi connectivity index (χ3v) is 2.25. The van der Waals surface area contributed by atoms with Gasteiger partial charge in [0.1, 0.15) is 5.76 Å². The molecule has 0 amide bonds. The normalized spacial score (nSPS) is 11.0. The van der Waals surface area contributed by atoms with Gasteiger partial charge in [-0.15, -0.1) is 11.6 Å². The average molecular weight is 185 g/mol. The smallest absolute Gasteiger partial charge is 0.310 e. The number of hydrogen-bond donors (Lipinski definition) is 0. The Morgan fingerprint density at radius 2 is 2.20 bits per heavy atom. The fourth-order valence-electron chi connectivity index (χ4n) is 0.353. The molecule has 0 fully saturated rings. The Morgan fingerprint density at radius 3 is 2.50 bits per heavy atom. The van der Waals surface area contributed by atoms with E-state index in [0.717, 1.165) is 0 Å². The van der Waals surface area contributed by atoms with E-state index in [1.807, 2.05) is 0 Å². The van der Waals surface area contributed by atoms with E-state index in [1.54, 1.807) is 0 Å². The molecule has 0 saturated carbocycles. The van der Waals surface area contributed by atoms with Crippen molar-refractivity contribution in [3.05, 3.63) is 12.3 Å². The molecule has 0 unspecified atom stereocenters. The molecule has 0 aromatic rings. The first-order valence-electron chi connectivity index (χ1n) is 2.61. The molecule has 0 saturated heterocycles. The van der Waals surface area contributed by atoms with Gasteiger partial charge in [0.2, 0.25) is 0 Å². The summed E-state index contributed by atoms with van der Waals surface area (Å²) in [5.74, 6) is 0.0157. The molecule has 0 bridgehead atoms. The molecule has 0 aliphatic heterocycles. The zero-order chi connectivity index (χ0) is 8.20. The van der Waals surface area contributed by atoms with Crippen LogP contribution in [0.4, 0.5) is 0 Å². The number of allylic oxidation sites excluding steroid dienone is 1. The molecule has 0 atom stereocenters. The first-order valence-corrected chi connectivity index (χ1v) is 4.73. The molecular weight excluding hydrogens is 176 g/mol. The monoisotopic (exact) mass is 184 g/mol. The van der Waals surface area contributed by atoms with E-state index in [1.165, 1.54) is 6.92 Å². The van der Waals surface area contributed by atoms with Crippen LogP contribution >= 0.6 is 11.6 Å². The van der Waals surface area contributed by atoms with Crippen LogP contribution in [0.5, 0.6) is 0 Å². The molecular formula is C5H9ClO3S. The van der Waals surface area contributed by atoms with Gasteiger partial charge in [-0.2, -0.15) is 8.42 Å². The Balaban J connectivity index is 4.02. The molecule has 0 aliphatic rings. The third kappa shape index (κ3) is 4.64. The highest BCUT2D eigenvalue weighted by atomic mass is 35.5. The lowest BCUT2D eigenvalue weighted by atomic mass is 10.7. The molecule has 0 spiro atoms. The van der Waals surface area contributed by atoms with Crippen LogP contribution in [0, 0.1) is 0 Å². The first kappa shape index (κ1) is 9.78. The molecule has 0 N–H and O–H groups in total. The van der Waals surface area contributed by atoms with Crippen LogP contribution in [-0.4, -0.2) is 20.1 Å². The predicted molar refractivity (Wildman–Crippen MR) is 40.4 cm³/mol. The summed E-state index contributed by atoms with van der Waals surface area (Å²) < 4.78 is 25.7. The minimum atomic E-state index is -3.46. The minimum absolute atomic E-state index is 0.0373. The quantitative estimate of drug-likeness (QED) is 0.374. The van der Waals surface area contributed by atoms with Crippen molar-refractivity contribution in [1.29, 1.82) is 0 Å². The molecule has 0 aromatic heterocycles. The maximum absolute atomic E-state index is 10.7. The van der Waals surface area contributed by atoms with E-state index >= 15 is 0 Å². The van der Waals surface area contributed by atoms with E-state index in [4.69, 9.17) is 11.6 Å². The standard InChI is InChI=1S/C5H9ClO3S/c1-5(2)9-10(7,8)4-3-6/h1,3-4H2,2H3. The van der Waals surface area contributed by atoms with Gasteiger partial charge in [0.25, 0.3) is 0 Å². The lowest BCUT2D eigenvalue weighted by Gasteiger charge is -2.02. The van der Waals surface area contributed by atoms with Crippen molar-refractivity contribution in [1.82, 2.24) is 0 Å². The van der Waals surface area contributed by atoms with Crippen molar-refractivity contribution < 1.29 is 12.6 Å². The van der Waals surface area contributed by atoms with Crippen LogP contribution in [0.15, 0.2) is 12.3 Å². The summed E-state index contributed by atoms with van der Waals surface area (Å²) in [5, 5.41) is 0. The van der Waals surface area contributed by atoms with Crippen LogP contribution in [0.25, 0.3) is 0 Å². The maximum atomic E-state index is 10.7. The fourth-order valence-corrected chi connectivity index (χ4v) is 1.63. The van der Waals surface area contributed by atoms with Gasteiger partial charge in [0.05, 0.1) is 5.75 Å². The first-order chi connectivity index (χ1) is 4.48. The number of rotatable bonds is 4. The highest BCUT2D eigenvalue weighted by molar-refractivity contribution is 7.86. The van der Waals surface area contributed by atoms with Crippen molar-refractivity contribution in [2.45, 2.75) is 6.92 Å². The zero-order valence-corrected chi connectivity index (χ0v) is 7.20. The summed E-state index contributed by atoms with van der Waals surface area (Å²) in [6.45, 7) is 4.74. The Hall–Kier alpha value is -0.220. The van der Waals surface area contributed by atoms with Crippen LogP contribution in [-0.2, 0) is 14.3 Å². The van der Waals surface area contributed by atoms with Crippen molar-refractivity contribution >= 4 is 21.7 Å². The highest BCUT2D eigenvalue weighted by Crippen LogP contribution is 2.00. The van der Waals surface area contributed by atoms with Crippen LogP contribution in [0.2, 0.25) is 0 Å². The lowest BCUT2D eigenvalue weighted by Crippen LogP contribution is -2.09. The van der Waals surface area contributed by atoms with Crippen molar-refractivity contribution in [3.63, 3.8) is 0 Å². The van der Waals surface area contributed by atoms with Gasteiger partial charge in [-0.3, -0.25) is 0 Å². The van der Waals surface area contributed by atoms with Gasteiger partial charge < -0.3 is 4.18 Å². The number of halogens is 1. The second-order valence-corrected chi connectivity index (χ2v) is 3.80. The van der Waals surface area contributed by atoms with E-state index < -0.39 is 10.1 Å². The Kier molecular flexibility index (Phi) is 3.75. The van der Waals surface area contributed by atoms with Gasteiger partial charge in [0, 0.05) is 5.88 Å². The molecule has 60 valence electrons. The minimum Gasteiger partial charge on any atom is -0.388 e. The Bertz CT molecular complexity index is 207. The number of alkyl halides is 1. The van der Waals surface area contributed by atoms with Crippen molar-refractivity contribution in [2.75, 3.05) is 11.6 Å². The highest BCUT2D eigenvalue weighted by Gasteiger charge is 2.09. The topological polar surface area (TPSA) is 43.4 Å². The second-order valence-electron chi connectivity index (χ2n) is 1.74. The third-order valence-electron chi connectivity index (χ3n) is 0.596. The van der Waals surface area contributed by atoms with Crippen molar-refractivity contribution in [2.24, 2.45) is 0 Å². The van der Waals surface area contributed by atoms with Gasteiger partial charge in [-0.05, 0) is 6.92 Å². The molecule has 10 heavy (non-hydrogen) atoms. The van der Waals surface area contributed by atoms with E-state index in [-0.39, 0.29) is 17.4 Å². The van der Waals surface area contributed by atoms with E-state index in [0.29, 0.717) is 0 Å². The van der Waals surface area contributed by atoms with E-state index in [9.17, 15) is 8.42 Å². The Morgan fingerprint density at radius 1 is 1.70 bits per heavy atom. The van der Waals surface area contributed by atoms with Crippen LogP contribution < -0.4 is 0 Å². The molecule has 0 aliphatic carbocycles. The fraction of sp³-hybridized carbons (Fsp3) is 0.600. The summed E-state index contributed by atoms with van der Waals surface area (Å²) in [6, 6.07) is 0. The summed E-state index contributed by atoms with van der Waals surface area (Å²) >= 11 is 5.18. The zero-order valence-electron chi connectivity index (χ0n) is 5.63. The van der Waals surface area contributed by atoms with Crippen LogP contribution in [0.1, 0.15) is 6.92 Å². The SMILES string of the molecule is C=C(C)OS(=O)(=O)CCCl. The maximum Gasteiger partial charge on any atom is 0.310 e. The molecule has 0 aromatic carbocycles. The Labute approximate surface area is 65.8 Å². The summed E-state index contributed by atoms with van der Waals surface area (Å²) in [5.41, 5.74) is 0. The van der Waals surface area contributed by atoms with Crippen molar-refractivity contribution in [3.8, 4) is 0 Å². The average Bonchev–Trinajstić information content (AvgIpc) is 1.59. The van der Waals surface area contributed by atoms with Gasteiger partial charge in [0.15, 0.2) is 0 Å².